The highest BCUT2D eigenvalue weighted by molar-refractivity contribution is 6.16. The van der Waals surface area contributed by atoms with E-state index in [1.807, 2.05) is 12.1 Å². The Labute approximate surface area is 371 Å². The lowest BCUT2D eigenvalue weighted by molar-refractivity contribution is 0.480. The molecule has 300 valence electrons. The molecule has 2 heterocycles. The van der Waals surface area contributed by atoms with E-state index in [0.29, 0.717) is 0 Å². The highest BCUT2D eigenvalue weighted by Gasteiger charge is 2.30. The van der Waals surface area contributed by atoms with E-state index in [4.69, 9.17) is 9.47 Å². The summed E-state index contributed by atoms with van der Waals surface area (Å²) in [6.45, 7) is 0. The standard InChI is InChI=1S/C60H38N2O2/c1-4-14-39(15-5-1)40-24-26-44(27-25-40)62(54-36-41-16-10-11-21-47(41)48-22-12-13-23-49(48)54)46-29-31-51-53-33-34-55-59-52(32-35-56(60(53)59)64-58(51)38-46)50-30-28-45(37-57(50)63-55)61(42-17-6-2-7-18-42)43-19-8-3-9-20-43/h1-38H. The average molecular weight is 819 g/mol. The zero-order chi connectivity index (χ0) is 42.1. The van der Waals surface area contributed by atoms with Crippen LogP contribution in [-0.4, -0.2) is 0 Å². The van der Waals surface area contributed by atoms with Gasteiger partial charge in [0.15, 0.2) is 0 Å². The van der Waals surface area contributed by atoms with E-state index in [-0.39, 0.29) is 0 Å². The Bertz CT molecular complexity index is 3570. The molecule has 0 N–H and O–H groups in total. The second kappa shape index (κ2) is 14.5. The van der Waals surface area contributed by atoms with E-state index < -0.39 is 0 Å². The lowest BCUT2D eigenvalue weighted by Crippen LogP contribution is -2.11. The average Bonchev–Trinajstić information content (AvgIpc) is 3.36. The zero-order valence-corrected chi connectivity index (χ0v) is 34.7. The van der Waals surface area contributed by atoms with Crippen LogP contribution in [0.15, 0.2) is 231 Å². The molecule has 2 aliphatic heterocycles. The lowest BCUT2D eigenvalue weighted by Gasteiger charge is -2.31. The van der Waals surface area contributed by atoms with Crippen LogP contribution in [0, 0.1) is 0 Å². The van der Waals surface area contributed by atoms with Crippen molar-refractivity contribution in [2.45, 2.75) is 0 Å². The van der Waals surface area contributed by atoms with E-state index in [1.165, 1.54) is 32.7 Å². The van der Waals surface area contributed by atoms with Crippen LogP contribution in [-0.2, 0) is 0 Å². The fourth-order valence-corrected chi connectivity index (χ4v) is 9.88. The topological polar surface area (TPSA) is 24.9 Å². The summed E-state index contributed by atoms with van der Waals surface area (Å²) in [7, 11) is 0. The predicted octanol–water partition coefficient (Wildman–Crippen LogP) is 17.3. The van der Waals surface area contributed by atoms with Gasteiger partial charge in [0, 0.05) is 67.9 Å². The van der Waals surface area contributed by atoms with Gasteiger partial charge in [0.1, 0.15) is 23.0 Å². The van der Waals surface area contributed by atoms with Gasteiger partial charge in [-0.2, -0.15) is 0 Å². The van der Waals surface area contributed by atoms with Crippen LogP contribution in [0.5, 0.6) is 23.0 Å². The van der Waals surface area contributed by atoms with Gasteiger partial charge in [-0.15, -0.1) is 0 Å². The number of hydrogen-bond acceptors (Lipinski definition) is 4. The van der Waals surface area contributed by atoms with Crippen LogP contribution < -0.4 is 19.3 Å². The lowest BCUT2D eigenvalue weighted by atomic mass is 9.88. The van der Waals surface area contributed by atoms with Gasteiger partial charge in [0.05, 0.1) is 5.69 Å². The molecule has 0 radical (unpaired) electrons. The molecule has 4 heteroatoms. The first-order valence-corrected chi connectivity index (χ1v) is 21.7. The molecule has 0 aliphatic carbocycles. The van der Waals surface area contributed by atoms with Crippen molar-refractivity contribution in [3.8, 4) is 56.4 Å². The highest BCUT2D eigenvalue weighted by atomic mass is 16.5. The molecule has 13 rings (SSSR count). The van der Waals surface area contributed by atoms with Crippen LogP contribution >= 0.6 is 0 Å². The number of anilines is 6. The van der Waals surface area contributed by atoms with Gasteiger partial charge in [-0.3, -0.25) is 0 Å². The second-order valence-electron chi connectivity index (χ2n) is 16.5. The van der Waals surface area contributed by atoms with Crippen LogP contribution in [0.25, 0.3) is 65.7 Å². The van der Waals surface area contributed by atoms with Gasteiger partial charge in [0.25, 0.3) is 0 Å². The molecule has 0 atom stereocenters. The maximum Gasteiger partial charge on any atom is 0.137 e. The number of fused-ring (bicyclic) bond motifs is 7. The number of nitrogens with zero attached hydrogens (tertiary/aromatic N) is 2. The highest BCUT2D eigenvalue weighted by Crippen LogP contribution is 2.56. The number of benzene rings is 11. The quantitative estimate of drug-likeness (QED) is 0.150. The van der Waals surface area contributed by atoms with Gasteiger partial charge in [-0.1, -0.05) is 127 Å². The van der Waals surface area contributed by atoms with Crippen molar-refractivity contribution >= 4 is 66.4 Å². The molecule has 11 aromatic carbocycles. The summed E-state index contributed by atoms with van der Waals surface area (Å²) in [5.41, 5.74) is 13.1. The van der Waals surface area contributed by atoms with Crippen molar-refractivity contribution in [2.75, 3.05) is 9.80 Å². The Morgan fingerprint density at radius 2 is 0.703 bits per heavy atom. The minimum atomic E-state index is 0.813. The second-order valence-corrected chi connectivity index (χ2v) is 16.5. The largest absolute Gasteiger partial charge is 0.456 e. The monoisotopic (exact) mass is 818 g/mol. The number of para-hydroxylation sites is 2. The molecule has 0 amide bonds. The smallest absolute Gasteiger partial charge is 0.137 e. The summed E-state index contributed by atoms with van der Waals surface area (Å²) >= 11 is 0. The predicted molar refractivity (Wildman–Crippen MR) is 265 cm³/mol. The van der Waals surface area contributed by atoms with Gasteiger partial charge >= 0.3 is 0 Å². The first-order valence-electron chi connectivity index (χ1n) is 21.7. The Hall–Kier alpha value is -8.60. The third-order valence-electron chi connectivity index (χ3n) is 12.8. The first-order chi connectivity index (χ1) is 31.7. The molecule has 0 bridgehead atoms. The number of rotatable bonds is 7. The molecule has 0 spiro atoms. The molecule has 0 aromatic heterocycles. The van der Waals surface area contributed by atoms with Crippen LogP contribution in [0.4, 0.5) is 34.1 Å². The molecule has 0 saturated carbocycles. The van der Waals surface area contributed by atoms with E-state index in [9.17, 15) is 0 Å². The molecule has 0 fully saturated rings. The molecule has 0 unspecified atom stereocenters. The van der Waals surface area contributed by atoms with Crippen LogP contribution in [0.2, 0.25) is 0 Å². The molecule has 2 aliphatic rings. The summed E-state index contributed by atoms with van der Waals surface area (Å²) < 4.78 is 13.8. The summed E-state index contributed by atoms with van der Waals surface area (Å²) in [4.78, 5) is 4.64. The normalized spacial score (nSPS) is 12.0. The molecular weight excluding hydrogens is 781 g/mol. The van der Waals surface area contributed by atoms with Gasteiger partial charge in [-0.05, 0) is 129 Å². The number of hydrogen-bond donors (Lipinski definition) is 0. The van der Waals surface area contributed by atoms with Crippen molar-refractivity contribution < 1.29 is 9.47 Å². The van der Waals surface area contributed by atoms with Crippen LogP contribution in [0.1, 0.15) is 0 Å². The van der Waals surface area contributed by atoms with Crippen molar-refractivity contribution in [1.29, 1.82) is 0 Å². The fourth-order valence-electron chi connectivity index (χ4n) is 9.88. The molecule has 64 heavy (non-hydrogen) atoms. The molecule has 4 nitrogen and oxygen atoms in total. The van der Waals surface area contributed by atoms with Gasteiger partial charge < -0.3 is 19.3 Å². The van der Waals surface area contributed by atoms with E-state index in [1.54, 1.807) is 0 Å². The molecular formula is C60H38N2O2. The summed E-state index contributed by atoms with van der Waals surface area (Å²) in [5, 5.41) is 6.95. The first kappa shape index (κ1) is 36.1. The van der Waals surface area contributed by atoms with E-state index >= 15 is 0 Å². The Morgan fingerprint density at radius 3 is 1.30 bits per heavy atom. The van der Waals surface area contributed by atoms with Crippen molar-refractivity contribution in [1.82, 2.24) is 0 Å². The van der Waals surface area contributed by atoms with Gasteiger partial charge in [-0.25, -0.2) is 0 Å². The van der Waals surface area contributed by atoms with Crippen molar-refractivity contribution in [3.63, 3.8) is 0 Å². The third-order valence-corrected chi connectivity index (χ3v) is 12.8. The molecule has 0 saturated heterocycles. The minimum Gasteiger partial charge on any atom is -0.456 e. The maximum absolute atomic E-state index is 6.97. The van der Waals surface area contributed by atoms with Crippen molar-refractivity contribution in [2.24, 2.45) is 0 Å². The fraction of sp³-hybridized carbons (Fsp3) is 0. The summed E-state index contributed by atoms with van der Waals surface area (Å²) in [6.07, 6.45) is 0. The third kappa shape index (κ3) is 5.77. The zero-order valence-electron chi connectivity index (χ0n) is 34.7. The summed E-state index contributed by atoms with van der Waals surface area (Å²) in [6, 6.07) is 81.9. The van der Waals surface area contributed by atoms with Crippen LogP contribution in [0.3, 0.4) is 0 Å². The molecule has 11 aromatic rings. The minimum absolute atomic E-state index is 0.813. The van der Waals surface area contributed by atoms with E-state index in [0.717, 1.165) is 90.1 Å². The summed E-state index contributed by atoms with van der Waals surface area (Å²) in [5.74, 6) is 3.28. The maximum atomic E-state index is 6.97. The van der Waals surface area contributed by atoms with Crippen molar-refractivity contribution in [3.05, 3.63) is 231 Å². The Kier molecular flexibility index (Phi) is 8.18. The number of ether oxygens (including phenoxy) is 2. The Balaban J connectivity index is 0.929. The SMILES string of the molecule is c1ccc(-c2ccc(N(c3ccc4c(c3)Oc3ccc5c6c(ccc-4c36)Oc3cc(N(c4ccccc4)c4ccccc4)ccc3-5)c3cc4ccccc4c4ccccc34)cc2)cc1. The van der Waals surface area contributed by atoms with E-state index in [2.05, 4.69) is 228 Å². The Morgan fingerprint density at radius 1 is 0.266 bits per heavy atom. The van der Waals surface area contributed by atoms with Gasteiger partial charge in [0.2, 0.25) is 0 Å².